The molecule has 0 radical (unpaired) electrons. The Morgan fingerprint density at radius 1 is 1.20 bits per heavy atom. The number of anilines is 1. The van der Waals surface area contributed by atoms with Gasteiger partial charge < -0.3 is 15.8 Å². The van der Waals surface area contributed by atoms with Crippen LogP contribution in [0.3, 0.4) is 0 Å². The molecule has 0 saturated carbocycles. The molecule has 20 heavy (non-hydrogen) atoms. The highest BCUT2D eigenvalue weighted by molar-refractivity contribution is 6.30. The molecule has 4 nitrogen and oxygen atoms in total. The Labute approximate surface area is 122 Å². The maximum absolute atomic E-state index is 11.7. The normalized spacial score (nSPS) is 10.1. The smallest absolute Gasteiger partial charge is 0.262 e. The van der Waals surface area contributed by atoms with Crippen molar-refractivity contribution in [1.82, 2.24) is 0 Å². The van der Waals surface area contributed by atoms with Crippen LogP contribution in [0.15, 0.2) is 48.5 Å². The van der Waals surface area contributed by atoms with Crippen LogP contribution in [0.2, 0.25) is 5.02 Å². The van der Waals surface area contributed by atoms with E-state index in [0.717, 1.165) is 5.56 Å². The van der Waals surface area contributed by atoms with Gasteiger partial charge in [-0.1, -0.05) is 29.8 Å². The van der Waals surface area contributed by atoms with Crippen molar-refractivity contribution in [1.29, 1.82) is 0 Å². The van der Waals surface area contributed by atoms with Gasteiger partial charge in [0, 0.05) is 17.3 Å². The average Bonchev–Trinajstić information content (AvgIpc) is 2.46. The highest BCUT2D eigenvalue weighted by Gasteiger charge is 2.04. The summed E-state index contributed by atoms with van der Waals surface area (Å²) in [6.45, 7) is 0.408. The quantitative estimate of drug-likeness (QED) is 0.890. The van der Waals surface area contributed by atoms with Crippen LogP contribution in [0, 0.1) is 0 Å². The predicted molar refractivity (Wildman–Crippen MR) is 79.9 cm³/mol. The first-order chi connectivity index (χ1) is 9.67. The van der Waals surface area contributed by atoms with E-state index in [9.17, 15) is 4.79 Å². The Kier molecular flexibility index (Phi) is 4.98. The van der Waals surface area contributed by atoms with E-state index in [2.05, 4.69) is 5.32 Å². The Morgan fingerprint density at radius 2 is 1.95 bits per heavy atom. The molecule has 1 amide bonds. The number of carbonyl (C=O) groups is 1. The van der Waals surface area contributed by atoms with Gasteiger partial charge in [0.25, 0.3) is 5.91 Å². The van der Waals surface area contributed by atoms with Crippen molar-refractivity contribution in [2.24, 2.45) is 5.73 Å². The summed E-state index contributed by atoms with van der Waals surface area (Å²) in [5.41, 5.74) is 7.23. The summed E-state index contributed by atoms with van der Waals surface area (Å²) in [6.07, 6.45) is 0. The largest absolute Gasteiger partial charge is 0.484 e. The lowest BCUT2D eigenvalue weighted by Gasteiger charge is -2.08. The highest BCUT2D eigenvalue weighted by atomic mass is 35.5. The third kappa shape index (κ3) is 4.26. The second-order valence-corrected chi connectivity index (χ2v) is 4.63. The van der Waals surface area contributed by atoms with Crippen molar-refractivity contribution < 1.29 is 9.53 Å². The molecule has 0 fully saturated rings. The number of benzene rings is 2. The maximum atomic E-state index is 11.7. The lowest BCUT2D eigenvalue weighted by Crippen LogP contribution is -2.20. The van der Waals surface area contributed by atoms with Crippen LogP contribution in [0.4, 0.5) is 5.69 Å². The van der Waals surface area contributed by atoms with Crippen molar-refractivity contribution in [3.8, 4) is 5.75 Å². The van der Waals surface area contributed by atoms with E-state index >= 15 is 0 Å². The van der Waals surface area contributed by atoms with Gasteiger partial charge in [0.1, 0.15) is 5.75 Å². The van der Waals surface area contributed by atoms with Gasteiger partial charge in [0.15, 0.2) is 6.61 Å². The van der Waals surface area contributed by atoms with Gasteiger partial charge in [-0.15, -0.1) is 0 Å². The summed E-state index contributed by atoms with van der Waals surface area (Å²) in [7, 11) is 0. The van der Waals surface area contributed by atoms with Gasteiger partial charge in [-0.05, 0) is 35.9 Å². The molecule has 5 heteroatoms. The van der Waals surface area contributed by atoms with Crippen molar-refractivity contribution in [3.05, 3.63) is 59.1 Å². The van der Waals surface area contributed by atoms with E-state index in [0.29, 0.717) is 23.0 Å². The Morgan fingerprint density at radius 3 is 2.60 bits per heavy atom. The summed E-state index contributed by atoms with van der Waals surface area (Å²) in [5.74, 6) is 0.330. The number of amides is 1. The number of halogens is 1. The maximum Gasteiger partial charge on any atom is 0.262 e. The molecule has 104 valence electrons. The molecule has 2 aromatic carbocycles. The minimum atomic E-state index is -0.231. The van der Waals surface area contributed by atoms with Crippen LogP contribution < -0.4 is 15.8 Å². The van der Waals surface area contributed by atoms with Crippen molar-refractivity contribution in [3.63, 3.8) is 0 Å². The van der Waals surface area contributed by atoms with Crippen LogP contribution in [-0.4, -0.2) is 12.5 Å². The number of ether oxygens (including phenoxy) is 1. The number of nitrogens with two attached hydrogens (primary N) is 1. The van der Waals surface area contributed by atoms with Crippen molar-refractivity contribution in [2.45, 2.75) is 6.54 Å². The minimum absolute atomic E-state index is 0.0705. The molecule has 3 N–H and O–H groups in total. The Bertz CT molecular complexity index is 585. The molecule has 2 aromatic rings. The second kappa shape index (κ2) is 6.93. The SMILES string of the molecule is NCc1ccc(NC(=O)COc2cccc(Cl)c2)cc1. The lowest BCUT2D eigenvalue weighted by atomic mass is 10.2. The standard InChI is InChI=1S/C15H15ClN2O2/c16-12-2-1-3-14(8-12)20-10-15(19)18-13-6-4-11(9-17)5-7-13/h1-8H,9-10,17H2,(H,18,19). The third-order valence-electron chi connectivity index (χ3n) is 2.64. The number of hydrogen-bond donors (Lipinski definition) is 2. The van der Waals surface area contributed by atoms with Crippen LogP contribution >= 0.6 is 11.6 Å². The summed E-state index contributed by atoms with van der Waals surface area (Å²) < 4.78 is 5.35. The van der Waals surface area contributed by atoms with Crippen molar-refractivity contribution in [2.75, 3.05) is 11.9 Å². The zero-order chi connectivity index (χ0) is 14.4. The van der Waals surface area contributed by atoms with Crippen LogP contribution in [0.5, 0.6) is 5.75 Å². The van der Waals surface area contributed by atoms with Gasteiger partial charge in [0.2, 0.25) is 0 Å². The number of nitrogens with one attached hydrogen (secondary N) is 1. The molecular weight excluding hydrogens is 276 g/mol. The van der Waals surface area contributed by atoms with E-state index in [1.165, 1.54) is 0 Å². The first-order valence-electron chi connectivity index (χ1n) is 6.14. The highest BCUT2D eigenvalue weighted by Crippen LogP contribution is 2.17. The molecule has 0 spiro atoms. The molecular formula is C15H15ClN2O2. The predicted octanol–water partition coefficient (Wildman–Crippen LogP) is 2.82. The molecule has 0 aromatic heterocycles. The average molecular weight is 291 g/mol. The number of hydrogen-bond acceptors (Lipinski definition) is 3. The van der Waals surface area contributed by atoms with Gasteiger partial charge in [-0.2, -0.15) is 0 Å². The van der Waals surface area contributed by atoms with Crippen LogP contribution in [0.1, 0.15) is 5.56 Å². The lowest BCUT2D eigenvalue weighted by molar-refractivity contribution is -0.118. The zero-order valence-corrected chi connectivity index (χ0v) is 11.6. The molecule has 0 aliphatic carbocycles. The zero-order valence-electron chi connectivity index (χ0n) is 10.8. The Hall–Kier alpha value is -2.04. The van der Waals surface area contributed by atoms with E-state index in [-0.39, 0.29) is 12.5 Å². The third-order valence-corrected chi connectivity index (χ3v) is 2.87. The molecule has 0 unspecified atom stereocenters. The van der Waals surface area contributed by atoms with E-state index in [4.69, 9.17) is 22.1 Å². The van der Waals surface area contributed by atoms with E-state index in [1.807, 2.05) is 12.1 Å². The summed E-state index contributed by atoms with van der Waals surface area (Å²) in [4.78, 5) is 11.7. The topological polar surface area (TPSA) is 64.3 Å². The first-order valence-corrected chi connectivity index (χ1v) is 6.52. The first kappa shape index (κ1) is 14.4. The minimum Gasteiger partial charge on any atom is -0.484 e. The monoisotopic (exact) mass is 290 g/mol. The fourth-order valence-electron chi connectivity index (χ4n) is 1.63. The van der Waals surface area contributed by atoms with Gasteiger partial charge in [0.05, 0.1) is 0 Å². The summed E-state index contributed by atoms with van der Waals surface area (Å²) in [6, 6.07) is 14.3. The number of rotatable bonds is 5. The van der Waals surface area contributed by atoms with Crippen LogP contribution in [0.25, 0.3) is 0 Å². The molecule has 0 aliphatic rings. The second-order valence-electron chi connectivity index (χ2n) is 4.20. The van der Waals surface area contributed by atoms with E-state index in [1.54, 1.807) is 36.4 Å². The fourth-order valence-corrected chi connectivity index (χ4v) is 1.81. The molecule has 0 aliphatic heterocycles. The van der Waals surface area contributed by atoms with Gasteiger partial charge in [-0.25, -0.2) is 0 Å². The molecule has 0 bridgehead atoms. The van der Waals surface area contributed by atoms with Crippen molar-refractivity contribution >= 4 is 23.2 Å². The Balaban J connectivity index is 1.85. The van der Waals surface area contributed by atoms with Gasteiger partial charge in [-0.3, -0.25) is 4.79 Å². The summed E-state index contributed by atoms with van der Waals surface area (Å²) >= 11 is 5.83. The fraction of sp³-hybridized carbons (Fsp3) is 0.133. The molecule has 0 heterocycles. The molecule has 0 saturated heterocycles. The molecule has 0 atom stereocenters. The van der Waals surface area contributed by atoms with Crippen LogP contribution in [-0.2, 0) is 11.3 Å². The van der Waals surface area contributed by atoms with Gasteiger partial charge >= 0.3 is 0 Å². The van der Waals surface area contributed by atoms with E-state index < -0.39 is 0 Å². The summed E-state index contributed by atoms with van der Waals surface area (Å²) in [5, 5.41) is 3.31. The number of carbonyl (C=O) groups excluding carboxylic acids is 1. The molecule has 2 rings (SSSR count).